The summed E-state index contributed by atoms with van der Waals surface area (Å²) < 4.78 is 0. The maximum absolute atomic E-state index is 2.31. The summed E-state index contributed by atoms with van der Waals surface area (Å²) in [5.74, 6) is 0. The Morgan fingerprint density at radius 3 is 1.43 bits per heavy atom. The van der Waals surface area contributed by atoms with Gasteiger partial charge in [0.15, 0.2) is 0 Å². The van der Waals surface area contributed by atoms with E-state index in [-0.39, 0.29) is 7.83 Å². The van der Waals surface area contributed by atoms with E-state index in [1.54, 1.807) is 47.5 Å². The van der Waals surface area contributed by atoms with E-state index in [1.807, 2.05) is 0 Å². The van der Waals surface area contributed by atoms with Gasteiger partial charge < -0.3 is 0 Å². The molecule has 0 nitrogen and oxygen atoms in total. The van der Waals surface area contributed by atoms with Gasteiger partial charge in [0.2, 0.25) is 0 Å². The normalized spacial score (nSPS) is 13.3. The molecule has 0 heterocycles. The van der Waals surface area contributed by atoms with Crippen molar-refractivity contribution in [1.82, 2.24) is 0 Å². The Hall–Kier alpha value is 0.651. The molecule has 0 aliphatic rings. The van der Waals surface area contributed by atoms with Crippen LogP contribution in [0, 0.1) is 0 Å². The molecule has 0 aromatic heterocycles. The number of hydrogen-bond acceptors (Lipinski definition) is 0. The molecule has 0 fully saturated rings. The van der Waals surface area contributed by atoms with Gasteiger partial charge in [-0.3, -0.25) is 0 Å². The lowest BCUT2D eigenvalue weighted by molar-refractivity contribution is 0.584. The molecule has 23 heavy (non-hydrogen) atoms. The standard InChI is InChI=1S/C20H48Si3/c1-3-5-7-9-11-13-15-17-19-22-23(21)20-18-16-14-12-10-8-6-4-2/h23H,3-20,22H2,1-2,21H3. The van der Waals surface area contributed by atoms with Crippen LogP contribution >= 0.6 is 0 Å². The van der Waals surface area contributed by atoms with Gasteiger partial charge >= 0.3 is 0 Å². The van der Waals surface area contributed by atoms with Crippen molar-refractivity contribution >= 4 is 26.6 Å². The summed E-state index contributed by atoms with van der Waals surface area (Å²) in [5, 5.41) is 0. The van der Waals surface area contributed by atoms with Crippen LogP contribution in [0.3, 0.4) is 0 Å². The highest BCUT2D eigenvalue weighted by atomic mass is 29.5. The van der Waals surface area contributed by atoms with Gasteiger partial charge in [0.05, 0.1) is 0 Å². The summed E-state index contributed by atoms with van der Waals surface area (Å²) in [6, 6.07) is 3.46. The van der Waals surface area contributed by atoms with E-state index in [4.69, 9.17) is 0 Å². The lowest BCUT2D eigenvalue weighted by Crippen LogP contribution is -2.22. The smallest absolute Gasteiger partial charge is 0.00905 e. The topological polar surface area (TPSA) is 0 Å². The zero-order valence-electron chi connectivity index (χ0n) is 17.0. The van der Waals surface area contributed by atoms with Crippen molar-refractivity contribution < 1.29 is 0 Å². The third-order valence-corrected chi connectivity index (χ3v) is 21.0. The molecule has 1 atom stereocenters. The average molecular weight is 373 g/mol. The van der Waals surface area contributed by atoms with Gasteiger partial charge in [0.1, 0.15) is 0 Å². The number of rotatable bonds is 19. The SMILES string of the molecule is CCCCCCCCCC[SiH2][SiH]([SiH3])CCCCCCCCCC. The molecular weight excluding hydrogens is 324 g/mol. The molecule has 0 aromatic rings. The van der Waals surface area contributed by atoms with Crippen LogP contribution in [-0.4, -0.2) is 26.6 Å². The van der Waals surface area contributed by atoms with Gasteiger partial charge in [-0.25, -0.2) is 0 Å². The van der Waals surface area contributed by atoms with E-state index in [9.17, 15) is 0 Å². The molecule has 0 bridgehead atoms. The monoisotopic (exact) mass is 372 g/mol. The molecule has 140 valence electrons. The summed E-state index contributed by atoms with van der Waals surface area (Å²) in [6.07, 6.45) is 24.1. The van der Waals surface area contributed by atoms with Gasteiger partial charge in [0, 0.05) is 16.9 Å². The first-order valence-corrected chi connectivity index (χ1v) is 21.0. The molecule has 0 N–H and O–H groups in total. The number of hydrogen-bond donors (Lipinski definition) is 0. The lowest BCUT2D eigenvalue weighted by atomic mass is 10.1. The first kappa shape index (κ1) is 23.7. The van der Waals surface area contributed by atoms with Crippen LogP contribution in [0.15, 0.2) is 0 Å². The second-order valence-electron chi connectivity index (χ2n) is 7.99. The number of unbranched alkanes of at least 4 members (excludes halogenated alkanes) is 14. The summed E-state index contributed by atoms with van der Waals surface area (Å²) in [5.41, 5.74) is 0. The Morgan fingerprint density at radius 1 is 0.565 bits per heavy atom. The molecule has 3 heteroatoms. The van der Waals surface area contributed by atoms with E-state index < -0.39 is 0 Å². The highest BCUT2D eigenvalue weighted by Crippen LogP contribution is 2.12. The predicted octanol–water partition coefficient (Wildman–Crippen LogP) is 5.44. The Labute approximate surface area is 155 Å². The lowest BCUT2D eigenvalue weighted by Gasteiger charge is -2.09. The zero-order valence-corrected chi connectivity index (χ0v) is 21.6. The van der Waals surface area contributed by atoms with Crippen molar-refractivity contribution in [3.63, 3.8) is 0 Å². The van der Waals surface area contributed by atoms with Gasteiger partial charge in [0.25, 0.3) is 0 Å². The molecule has 0 spiro atoms. The summed E-state index contributed by atoms with van der Waals surface area (Å²) >= 11 is 0. The molecule has 0 rings (SSSR count). The van der Waals surface area contributed by atoms with Crippen LogP contribution in [0.25, 0.3) is 0 Å². The van der Waals surface area contributed by atoms with Crippen molar-refractivity contribution in [3.8, 4) is 0 Å². The average Bonchev–Trinajstić information content (AvgIpc) is 2.56. The van der Waals surface area contributed by atoms with Crippen molar-refractivity contribution in [2.24, 2.45) is 0 Å². The molecule has 0 radical (unpaired) electrons. The Balaban J connectivity index is 3.11. The Kier molecular flexibility index (Phi) is 21.3. The molecule has 1 unspecified atom stereocenters. The van der Waals surface area contributed by atoms with E-state index in [0.717, 1.165) is 0 Å². The van der Waals surface area contributed by atoms with Crippen LogP contribution in [0.5, 0.6) is 0 Å². The minimum Gasteiger partial charge on any atom is -0.0654 e. The van der Waals surface area contributed by atoms with Crippen molar-refractivity contribution in [2.75, 3.05) is 0 Å². The molecular formula is C20H48Si3. The predicted molar refractivity (Wildman–Crippen MR) is 120 cm³/mol. The first-order chi connectivity index (χ1) is 11.3. The van der Waals surface area contributed by atoms with Gasteiger partial charge in [-0.2, -0.15) is 0 Å². The van der Waals surface area contributed by atoms with E-state index in [2.05, 4.69) is 13.8 Å². The van der Waals surface area contributed by atoms with Crippen LogP contribution in [0.2, 0.25) is 12.1 Å². The third-order valence-electron chi connectivity index (χ3n) is 5.35. The molecule has 0 saturated carbocycles. The fraction of sp³-hybridized carbons (Fsp3) is 1.00. The first-order valence-electron chi connectivity index (χ1n) is 11.3. The molecule has 0 aromatic carbocycles. The highest BCUT2D eigenvalue weighted by Gasteiger charge is 2.04. The third kappa shape index (κ3) is 20.6. The second-order valence-corrected chi connectivity index (χ2v) is 27.8. The molecule has 0 saturated heterocycles. The maximum Gasteiger partial charge on any atom is 0.00905 e. The van der Waals surface area contributed by atoms with Crippen LogP contribution in [0.4, 0.5) is 0 Å². The van der Waals surface area contributed by atoms with E-state index in [1.165, 1.54) is 77.0 Å². The van der Waals surface area contributed by atoms with Crippen LogP contribution < -0.4 is 0 Å². The molecule has 0 aliphatic heterocycles. The Bertz CT molecular complexity index is 209. The van der Waals surface area contributed by atoms with Gasteiger partial charge in [-0.05, 0) is 9.76 Å². The molecule has 0 aliphatic carbocycles. The van der Waals surface area contributed by atoms with E-state index >= 15 is 0 Å². The quantitative estimate of drug-likeness (QED) is 0.209. The fourth-order valence-electron chi connectivity index (χ4n) is 3.57. The zero-order chi connectivity index (χ0) is 17.0. The highest BCUT2D eigenvalue weighted by molar-refractivity contribution is 7.34. The van der Waals surface area contributed by atoms with Crippen LogP contribution in [0.1, 0.15) is 117 Å². The summed E-state index contributed by atoms with van der Waals surface area (Å²) in [4.78, 5) is 0. The minimum atomic E-state index is -0.0687. The maximum atomic E-state index is 2.31. The molecule has 0 amide bonds. The van der Waals surface area contributed by atoms with Crippen LogP contribution in [-0.2, 0) is 0 Å². The minimum absolute atomic E-state index is 0.0687. The van der Waals surface area contributed by atoms with Crippen molar-refractivity contribution in [1.29, 1.82) is 0 Å². The largest absolute Gasteiger partial charge is 0.0654 e. The van der Waals surface area contributed by atoms with E-state index in [0.29, 0.717) is 9.04 Å². The van der Waals surface area contributed by atoms with Gasteiger partial charge in [-0.1, -0.05) is 129 Å². The second kappa shape index (κ2) is 20.7. The summed E-state index contributed by atoms with van der Waals surface area (Å²) in [6.45, 7) is 4.63. The Morgan fingerprint density at radius 2 is 0.957 bits per heavy atom. The van der Waals surface area contributed by atoms with Gasteiger partial charge in [-0.15, -0.1) is 0 Å². The fourth-order valence-corrected chi connectivity index (χ4v) is 15.8. The van der Waals surface area contributed by atoms with Crippen molar-refractivity contribution in [3.05, 3.63) is 0 Å². The summed E-state index contributed by atoms with van der Waals surface area (Å²) in [7, 11) is 2.00. The van der Waals surface area contributed by atoms with Crippen molar-refractivity contribution in [2.45, 2.75) is 129 Å².